The predicted molar refractivity (Wildman–Crippen MR) is 54.6 cm³/mol. The highest BCUT2D eigenvalue weighted by atomic mass is 35.5. The van der Waals surface area contributed by atoms with Crippen LogP contribution in [0.3, 0.4) is 0 Å². The summed E-state index contributed by atoms with van der Waals surface area (Å²) in [6, 6.07) is 5.95. The number of benzene rings is 1. The molecule has 4 heteroatoms. The van der Waals surface area contributed by atoms with Crippen LogP contribution < -0.4 is 5.32 Å². The van der Waals surface area contributed by atoms with E-state index in [0.29, 0.717) is 17.3 Å². The fourth-order valence-corrected chi connectivity index (χ4v) is 0.986. The van der Waals surface area contributed by atoms with Crippen molar-refractivity contribution in [2.24, 2.45) is 0 Å². The SMILES string of the molecule is C=C(Cl)CNc1ccc(F)c(C#N)c1. The molecule has 0 bridgehead atoms. The summed E-state index contributed by atoms with van der Waals surface area (Å²) in [5.41, 5.74) is 0.653. The van der Waals surface area contributed by atoms with Gasteiger partial charge in [-0.05, 0) is 18.2 Å². The van der Waals surface area contributed by atoms with Crippen LogP contribution in [0.2, 0.25) is 0 Å². The van der Waals surface area contributed by atoms with Gasteiger partial charge >= 0.3 is 0 Å². The van der Waals surface area contributed by atoms with E-state index in [0.717, 1.165) is 0 Å². The lowest BCUT2D eigenvalue weighted by Crippen LogP contribution is -2.01. The average Bonchev–Trinajstić information content (AvgIpc) is 2.16. The first kappa shape index (κ1) is 10.6. The van der Waals surface area contributed by atoms with Gasteiger partial charge in [-0.25, -0.2) is 4.39 Å². The Balaban J connectivity index is 2.80. The van der Waals surface area contributed by atoms with E-state index in [9.17, 15) is 4.39 Å². The van der Waals surface area contributed by atoms with E-state index in [-0.39, 0.29) is 5.56 Å². The van der Waals surface area contributed by atoms with E-state index in [1.165, 1.54) is 18.2 Å². The molecule has 72 valence electrons. The molecule has 0 aliphatic carbocycles. The number of nitrogens with zero attached hydrogens (tertiary/aromatic N) is 1. The normalized spacial score (nSPS) is 9.21. The molecular formula is C10H8ClFN2. The maximum atomic E-state index is 12.9. The molecule has 0 atom stereocenters. The minimum Gasteiger partial charge on any atom is -0.380 e. The highest BCUT2D eigenvalue weighted by Gasteiger charge is 2.01. The molecule has 1 rings (SSSR count). The standard InChI is InChI=1S/C10H8ClFN2/c1-7(11)6-14-9-2-3-10(12)8(4-9)5-13/h2-4,14H,1,6H2. The van der Waals surface area contributed by atoms with Crippen molar-refractivity contribution in [2.45, 2.75) is 0 Å². The molecule has 0 fully saturated rings. The van der Waals surface area contributed by atoms with Crippen LogP contribution in [0.5, 0.6) is 0 Å². The van der Waals surface area contributed by atoms with Gasteiger partial charge in [0, 0.05) is 10.7 Å². The van der Waals surface area contributed by atoms with Crippen LogP contribution in [0.25, 0.3) is 0 Å². The second-order valence-electron chi connectivity index (χ2n) is 2.68. The maximum Gasteiger partial charge on any atom is 0.141 e. The Morgan fingerprint density at radius 3 is 2.93 bits per heavy atom. The summed E-state index contributed by atoms with van der Waals surface area (Å²) in [6.07, 6.45) is 0. The topological polar surface area (TPSA) is 35.8 Å². The second kappa shape index (κ2) is 4.64. The first-order valence-electron chi connectivity index (χ1n) is 3.90. The lowest BCUT2D eigenvalue weighted by molar-refractivity contribution is 0.624. The van der Waals surface area contributed by atoms with Gasteiger partial charge in [-0.1, -0.05) is 18.2 Å². The summed E-state index contributed by atoms with van der Waals surface area (Å²) >= 11 is 5.54. The Labute approximate surface area is 86.6 Å². The van der Waals surface area contributed by atoms with Gasteiger partial charge in [0.15, 0.2) is 0 Å². The van der Waals surface area contributed by atoms with E-state index >= 15 is 0 Å². The number of rotatable bonds is 3. The van der Waals surface area contributed by atoms with Crippen LogP contribution in [0.15, 0.2) is 29.8 Å². The van der Waals surface area contributed by atoms with Crippen LogP contribution in [0, 0.1) is 17.1 Å². The van der Waals surface area contributed by atoms with Crippen molar-refractivity contribution >= 4 is 17.3 Å². The zero-order valence-corrected chi connectivity index (χ0v) is 8.11. The molecule has 0 amide bonds. The molecule has 0 unspecified atom stereocenters. The number of hydrogen-bond acceptors (Lipinski definition) is 2. The molecule has 1 aromatic rings. The van der Waals surface area contributed by atoms with Gasteiger partial charge in [0.2, 0.25) is 0 Å². The molecule has 14 heavy (non-hydrogen) atoms. The van der Waals surface area contributed by atoms with E-state index in [1.807, 2.05) is 0 Å². The summed E-state index contributed by atoms with van der Waals surface area (Å²) in [4.78, 5) is 0. The fraction of sp³-hybridized carbons (Fsp3) is 0.100. The minimum absolute atomic E-state index is 0.00943. The van der Waals surface area contributed by atoms with Crippen molar-refractivity contribution in [1.29, 1.82) is 5.26 Å². The van der Waals surface area contributed by atoms with Crippen LogP contribution >= 0.6 is 11.6 Å². The van der Waals surface area contributed by atoms with Crippen molar-refractivity contribution < 1.29 is 4.39 Å². The molecule has 2 nitrogen and oxygen atoms in total. The van der Waals surface area contributed by atoms with Gasteiger partial charge in [-0.15, -0.1) is 0 Å². The largest absolute Gasteiger partial charge is 0.380 e. The van der Waals surface area contributed by atoms with Crippen LogP contribution in [-0.2, 0) is 0 Å². The Hall–Kier alpha value is -1.53. The summed E-state index contributed by atoms with van der Waals surface area (Å²) in [6.45, 7) is 3.88. The predicted octanol–water partition coefficient (Wildman–Crippen LogP) is 2.86. The summed E-state index contributed by atoms with van der Waals surface area (Å²) < 4.78 is 12.9. The molecule has 0 saturated carbocycles. The van der Waals surface area contributed by atoms with Crippen LogP contribution in [0.1, 0.15) is 5.56 Å². The van der Waals surface area contributed by atoms with Crippen LogP contribution in [-0.4, -0.2) is 6.54 Å². The van der Waals surface area contributed by atoms with Crippen molar-refractivity contribution in [2.75, 3.05) is 11.9 Å². The number of hydrogen-bond donors (Lipinski definition) is 1. The van der Waals surface area contributed by atoms with Gasteiger partial charge in [-0.2, -0.15) is 5.26 Å². The molecule has 1 N–H and O–H groups in total. The van der Waals surface area contributed by atoms with Gasteiger partial charge < -0.3 is 5.32 Å². The third-order valence-corrected chi connectivity index (χ3v) is 1.70. The lowest BCUT2D eigenvalue weighted by Gasteiger charge is -2.05. The molecule has 0 heterocycles. The van der Waals surface area contributed by atoms with Crippen molar-refractivity contribution in [3.63, 3.8) is 0 Å². The smallest absolute Gasteiger partial charge is 0.141 e. The first-order valence-corrected chi connectivity index (χ1v) is 4.28. The monoisotopic (exact) mass is 210 g/mol. The van der Waals surface area contributed by atoms with Crippen LogP contribution in [0.4, 0.5) is 10.1 Å². The highest BCUT2D eigenvalue weighted by Crippen LogP contribution is 2.14. The van der Waals surface area contributed by atoms with Gasteiger partial charge in [-0.3, -0.25) is 0 Å². The molecule has 0 saturated heterocycles. The molecular weight excluding hydrogens is 203 g/mol. The Morgan fingerprint density at radius 1 is 1.64 bits per heavy atom. The lowest BCUT2D eigenvalue weighted by atomic mass is 10.2. The number of nitriles is 1. The van der Waals surface area contributed by atoms with E-state index in [4.69, 9.17) is 16.9 Å². The zero-order valence-electron chi connectivity index (χ0n) is 7.35. The van der Waals surface area contributed by atoms with Crippen molar-refractivity contribution in [3.05, 3.63) is 41.2 Å². The van der Waals surface area contributed by atoms with Gasteiger partial charge in [0.25, 0.3) is 0 Å². The zero-order chi connectivity index (χ0) is 10.6. The Morgan fingerprint density at radius 2 is 2.36 bits per heavy atom. The third-order valence-electron chi connectivity index (χ3n) is 1.57. The Bertz CT molecular complexity index is 396. The number of anilines is 1. The molecule has 0 aliphatic heterocycles. The highest BCUT2D eigenvalue weighted by molar-refractivity contribution is 6.29. The van der Waals surface area contributed by atoms with E-state index in [2.05, 4.69) is 11.9 Å². The number of halogens is 2. The number of nitrogens with one attached hydrogen (secondary N) is 1. The second-order valence-corrected chi connectivity index (χ2v) is 3.21. The fourth-order valence-electron chi connectivity index (χ4n) is 0.919. The molecule has 0 radical (unpaired) electrons. The first-order chi connectivity index (χ1) is 6.63. The minimum atomic E-state index is -0.525. The van der Waals surface area contributed by atoms with Gasteiger partial charge in [0.05, 0.1) is 12.1 Å². The summed E-state index contributed by atoms with van der Waals surface area (Å²) in [5.74, 6) is -0.525. The molecule has 0 spiro atoms. The van der Waals surface area contributed by atoms with E-state index in [1.54, 1.807) is 6.07 Å². The van der Waals surface area contributed by atoms with Gasteiger partial charge in [0.1, 0.15) is 11.9 Å². The summed E-state index contributed by atoms with van der Waals surface area (Å²) in [5, 5.41) is 11.9. The summed E-state index contributed by atoms with van der Waals surface area (Å²) in [7, 11) is 0. The van der Waals surface area contributed by atoms with E-state index < -0.39 is 5.82 Å². The van der Waals surface area contributed by atoms with Crippen molar-refractivity contribution in [3.8, 4) is 6.07 Å². The Kier molecular flexibility index (Phi) is 3.49. The molecule has 0 aromatic heterocycles. The average molecular weight is 211 g/mol. The quantitative estimate of drug-likeness (QED) is 0.833. The van der Waals surface area contributed by atoms with Crippen molar-refractivity contribution in [1.82, 2.24) is 0 Å². The maximum absolute atomic E-state index is 12.9. The molecule has 0 aliphatic rings. The molecule has 1 aromatic carbocycles. The third kappa shape index (κ3) is 2.75.